The average Bonchev–Trinajstić information content (AvgIpc) is 3.26. The maximum Gasteiger partial charge on any atom is 0.0589 e. The lowest BCUT2D eigenvalue weighted by molar-refractivity contribution is 0.00780. The molecule has 1 N–H and O–H groups in total. The second-order valence-corrected chi connectivity index (χ2v) is 7.79. The fraction of sp³-hybridized carbons (Fsp3) is 1.00. The molecule has 0 aromatic rings. The number of ether oxygens (including phenoxy) is 1. The highest BCUT2D eigenvalue weighted by Gasteiger charge is 2.44. The minimum atomic E-state index is 0.396. The fourth-order valence-electron chi connectivity index (χ4n) is 4.32. The molecule has 0 aromatic heterocycles. The molecule has 0 aliphatic heterocycles. The van der Waals surface area contributed by atoms with Crippen molar-refractivity contribution in [3.8, 4) is 0 Å². The summed E-state index contributed by atoms with van der Waals surface area (Å²) in [5, 5.41) is 3.81. The van der Waals surface area contributed by atoms with Crippen LogP contribution in [0.1, 0.15) is 59.8 Å². The molecule has 2 saturated carbocycles. The van der Waals surface area contributed by atoms with Gasteiger partial charge in [0.05, 0.1) is 6.61 Å². The molecule has 2 rings (SSSR count). The standard InChI is InChI=1S/C18H36N2O/c1-6-19-17-16(8-7-11-18(17,3)4)20(12-13-21-5)14(2)15-9-10-15/h14-17,19H,6-13H2,1-5H3. The summed E-state index contributed by atoms with van der Waals surface area (Å²) >= 11 is 0. The van der Waals surface area contributed by atoms with E-state index >= 15 is 0 Å². The summed E-state index contributed by atoms with van der Waals surface area (Å²) in [6.45, 7) is 12.6. The van der Waals surface area contributed by atoms with E-state index in [2.05, 4.69) is 37.9 Å². The van der Waals surface area contributed by atoms with Crippen LogP contribution in [0.4, 0.5) is 0 Å². The van der Waals surface area contributed by atoms with Crippen LogP contribution in [0, 0.1) is 11.3 Å². The van der Waals surface area contributed by atoms with Gasteiger partial charge in [-0.2, -0.15) is 0 Å². The molecule has 3 heteroatoms. The van der Waals surface area contributed by atoms with Crippen molar-refractivity contribution in [1.82, 2.24) is 10.2 Å². The molecule has 0 spiro atoms. The molecule has 0 heterocycles. The Kier molecular flexibility index (Phi) is 6.10. The first kappa shape index (κ1) is 17.2. The Balaban J connectivity index is 2.13. The van der Waals surface area contributed by atoms with Gasteiger partial charge in [-0.15, -0.1) is 0 Å². The molecule has 0 bridgehead atoms. The first-order valence-corrected chi connectivity index (χ1v) is 8.99. The summed E-state index contributed by atoms with van der Waals surface area (Å²) in [6, 6.07) is 1.98. The predicted molar refractivity (Wildman–Crippen MR) is 89.7 cm³/mol. The maximum atomic E-state index is 5.40. The molecule has 2 aliphatic carbocycles. The Bertz CT molecular complexity index is 314. The highest BCUT2D eigenvalue weighted by Crippen LogP contribution is 2.41. The summed E-state index contributed by atoms with van der Waals surface area (Å²) in [4.78, 5) is 2.77. The van der Waals surface area contributed by atoms with E-state index in [-0.39, 0.29) is 0 Å². The van der Waals surface area contributed by atoms with Crippen molar-refractivity contribution in [3.05, 3.63) is 0 Å². The zero-order valence-corrected chi connectivity index (χ0v) is 14.8. The topological polar surface area (TPSA) is 24.5 Å². The zero-order chi connectivity index (χ0) is 15.5. The maximum absolute atomic E-state index is 5.40. The summed E-state index contributed by atoms with van der Waals surface area (Å²) in [5.74, 6) is 0.925. The number of hydrogen-bond donors (Lipinski definition) is 1. The Morgan fingerprint density at radius 2 is 2.00 bits per heavy atom. The van der Waals surface area contributed by atoms with Crippen LogP contribution in [0.2, 0.25) is 0 Å². The van der Waals surface area contributed by atoms with Crippen molar-refractivity contribution in [2.75, 3.05) is 26.8 Å². The molecule has 0 amide bonds. The molecular weight excluding hydrogens is 260 g/mol. The van der Waals surface area contributed by atoms with Gasteiger partial charge >= 0.3 is 0 Å². The highest BCUT2D eigenvalue weighted by atomic mass is 16.5. The number of hydrogen-bond acceptors (Lipinski definition) is 3. The summed E-state index contributed by atoms with van der Waals surface area (Å²) in [5.41, 5.74) is 0.396. The summed E-state index contributed by atoms with van der Waals surface area (Å²) in [6.07, 6.45) is 6.89. The number of nitrogens with zero attached hydrogens (tertiary/aromatic N) is 1. The number of nitrogens with one attached hydrogen (secondary N) is 1. The van der Waals surface area contributed by atoms with Gasteiger partial charge in [0, 0.05) is 31.8 Å². The van der Waals surface area contributed by atoms with Gasteiger partial charge in [-0.3, -0.25) is 4.90 Å². The van der Waals surface area contributed by atoms with E-state index in [9.17, 15) is 0 Å². The van der Waals surface area contributed by atoms with Gasteiger partial charge in [0.25, 0.3) is 0 Å². The lowest BCUT2D eigenvalue weighted by Gasteiger charge is -2.50. The van der Waals surface area contributed by atoms with E-state index in [0.29, 0.717) is 23.5 Å². The lowest BCUT2D eigenvalue weighted by Crippen LogP contribution is -2.61. The second kappa shape index (κ2) is 7.43. The van der Waals surface area contributed by atoms with Crippen molar-refractivity contribution < 1.29 is 4.74 Å². The minimum absolute atomic E-state index is 0.396. The second-order valence-electron chi connectivity index (χ2n) is 7.79. The van der Waals surface area contributed by atoms with Crippen LogP contribution in [0.5, 0.6) is 0 Å². The summed E-state index contributed by atoms with van der Waals surface area (Å²) < 4.78 is 5.40. The van der Waals surface area contributed by atoms with Gasteiger partial charge in [0.15, 0.2) is 0 Å². The first-order chi connectivity index (χ1) is 10.0. The van der Waals surface area contributed by atoms with Gasteiger partial charge in [-0.25, -0.2) is 0 Å². The van der Waals surface area contributed by atoms with Crippen LogP contribution in [0.25, 0.3) is 0 Å². The van der Waals surface area contributed by atoms with E-state index < -0.39 is 0 Å². The molecule has 3 unspecified atom stereocenters. The van der Waals surface area contributed by atoms with Crippen LogP contribution < -0.4 is 5.32 Å². The lowest BCUT2D eigenvalue weighted by atomic mass is 9.70. The van der Waals surface area contributed by atoms with Crippen molar-refractivity contribution in [1.29, 1.82) is 0 Å². The van der Waals surface area contributed by atoms with Crippen LogP contribution in [-0.2, 0) is 4.74 Å². The van der Waals surface area contributed by atoms with Gasteiger partial charge in [-0.1, -0.05) is 27.2 Å². The third kappa shape index (κ3) is 4.20. The highest BCUT2D eigenvalue weighted by molar-refractivity contribution is 5.00. The van der Waals surface area contributed by atoms with Crippen molar-refractivity contribution in [3.63, 3.8) is 0 Å². The van der Waals surface area contributed by atoms with E-state index in [1.54, 1.807) is 0 Å². The van der Waals surface area contributed by atoms with E-state index in [0.717, 1.165) is 25.6 Å². The molecule has 124 valence electrons. The average molecular weight is 296 g/mol. The van der Waals surface area contributed by atoms with Gasteiger partial charge in [0.2, 0.25) is 0 Å². The molecule has 3 atom stereocenters. The van der Waals surface area contributed by atoms with Crippen LogP contribution in [-0.4, -0.2) is 49.8 Å². The van der Waals surface area contributed by atoms with E-state index in [1.807, 2.05) is 7.11 Å². The quantitative estimate of drug-likeness (QED) is 0.744. The normalized spacial score (nSPS) is 30.6. The van der Waals surface area contributed by atoms with E-state index in [1.165, 1.54) is 32.1 Å². The number of rotatable bonds is 8. The van der Waals surface area contributed by atoms with Crippen molar-refractivity contribution in [2.24, 2.45) is 11.3 Å². The molecule has 3 nitrogen and oxygen atoms in total. The Morgan fingerprint density at radius 1 is 1.29 bits per heavy atom. The van der Waals surface area contributed by atoms with Gasteiger partial charge < -0.3 is 10.1 Å². The van der Waals surface area contributed by atoms with Crippen LogP contribution >= 0.6 is 0 Å². The monoisotopic (exact) mass is 296 g/mol. The van der Waals surface area contributed by atoms with Crippen LogP contribution in [0.15, 0.2) is 0 Å². The Hall–Kier alpha value is -0.120. The molecule has 0 radical (unpaired) electrons. The third-order valence-corrected chi connectivity index (χ3v) is 5.78. The van der Waals surface area contributed by atoms with Crippen molar-refractivity contribution >= 4 is 0 Å². The molecule has 21 heavy (non-hydrogen) atoms. The first-order valence-electron chi connectivity index (χ1n) is 8.99. The SMILES string of the molecule is CCNC1C(N(CCOC)C(C)C2CC2)CCCC1(C)C. The zero-order valence-electron chi connectivity index (χ0n) is 14.8. The molecule has 2 aliphatic rings. The van der Waals surface area contributed by atoms with Gasteiger partial charge in [-0.05, 0) is 50.5 Å². The molecule has 0 saturated heterocycles. The molecule has 0 aromatic carbocycles. The Labute approximate surface area is 131 Å². The minimum Gasteiger partial charge on any atom is -0.383 e. The van der Waals surface area contributed by atoms with Crippen LogP contribution in [0.3, 0.4) is 0 Å². The van der Waals surface area contributed by atoms with E-state index in [4.69, 9.17) is 4.74 Å². The smallest absolute Gasteiger partial charge is 0.0589 e. The van der Waals surface area contributed by atoms with Crippen molar-refractivity contribution in [2.45, 2.75) is 77.9 Å². The predicted octanol–water partition coefficient (Wildman–Crippen LogP) is 3.29. The number of methoxy groups -OCH3 is 1. The summed E-state index contributed by atoms with van der Waals surface area (Å²) in [7, 11) is 1.83. The molecular formula is C18H36N2O. The van der Waals surface area contributed by atoms with Gasteiger partial charge in [0.1, 0.15) is 0 Å². The number of likely N-dealkylation sites (N-methyl/N-ethyl adjacent to an activating group) is 1. The third-order valence-electron chi connectivity index (χ3n) is 5.78. The largest absolute Gasteiger partial charge is 0.383 e. The fourth-order valence-corrected chi connectivity index (χ4v) is 4.32. The Morgan fingerprint density at radius 3 is 2.57 bits per heavy atom. The molecule has 2 fully saturated rings.